The Morgan fingerprint density at radius 2 is 1.97 bits per heavy atom. The molecule has 4 aliphatic carbocycles. The summed E-state index contributed by atoms with van der Waals surface area (Å²) in [6.07, 6.45) is 6.39. The Labute approximate surface area is 207 Å². The first kappa shape index (κ1) is 25.2. The number of ketones is 2. The highest BCUT2D eigenvalue weighted by atomic mass is 19.1. The fourth-order valence-electron chi connectivity index (χ4n) is 8.75. The highest BCUT2D eigenvalue weighted by Crippen LogP contribution is 2.72. The summed E-state index contributed by atoms with van der Waals surface area (Å²) in [5.74, 6) is -2.42. The number of hydrogen-bond acceptors (Lipinski definition) is 6. The molecule has 7 heteroatoms. The Bertz CT molecular complexity index is 984. The molecule has 0 amide bonds. The van der Waals surface area contributed by atoms with Crippen LogP contribution >= 0.6 is 0 Å². The molecule has 35 heavy (non-hydrogen) atoms. The lowest BCUT2D eigenvalue weighted by molar-refractivity contribution is -0.436. The lowest BCUT2D eigenvalue weighted by Crippen LogP contribution is -2.72. The number of alkyl halides is 1. The second-order valence-corrected chi connectivity index (χ2v) is 11.8. The van der Waals surface area contributed by atoms with Gasteiger partial charge in [-0.2, -0.15) is 0 Å². The van der Waals surface area contributed by atoms with Crippen molar-refractivity contribution in [3.8, 4) is 0 Å². The number of aliphatic hydroxyl groups is 1. The smallest absolute Gasteiger partial charge is 0.284 e. The van der Waals surface area contributed by atoms with E-state index in [4.69, 9.17) is 14.2 Å². The number of carbonyl (C=O) groups excluding carboxylic acids is 2. The zero-order valence-corrected chi connectivity index (χ0v) is 21.6. The molecule has 194 valence electrons. The normalized spacial score (nSPS) is 51.1. The van der Waals surface area contributed by atoms with Crippen LogP contribution in [0.15, 0.2) is 23.8 Å². The molecule has 0 aromatic carbocycles. The number of carbonyl (C=O) groups is 2. The highest BCUT2D eigenvalue weighted by molar-refractivity contribution is 6.01. The number of allylic oxidation sites excluding steroid dienone is 4. The standard InChI is InChI=1S/C28H39FO6/c1-6-11-26(33-7-2)34-16-23(32)28(35-26)17(3)13-21-20-9-8-18-14-19(30)10-12-24(18,4)27(20,29)22(31)15-25(21,28)5/h10,12,14,17,20-22,31H,6-9,11,13,15-16H2,1-5H3/t17-,20-,21-,22-,24-,25-,26?,27-,28-/m0/s1. The van der Waals surface area contributed by atoms with E-state index in [9.17, 15) is 14.7 Å². The summed E-state index contributed by atoms with van der Waals surface area (Å²) in [7, 11) is 0. The minimum Gasteiger partial charge on any atom is -0.390 e. The van der Waals surface area contributed by atoms with Crippen LogP contribution < -0.4 is 0 Å². The van der Waals surface area contributed by atoms with Crippen molar-refractivity contribution in [3.63, 3.8) is 0 Å². The van der Waals surface area contributed by atoms with Crippen LogP contribution in [-0.4, -0.2) is 53.2 Å². The van der Waals surface area contributed by atoms with Crippen molar-refractivity contribution in [2.75, 3.05) is 13.2 Å². The number of ether oxygens (including phenoxy) is 3. The van der Waals surface area contributed by atoms with Crippen molar-refractivity contribution >= 4 is 11.6 Å². The van der Waals surface area contributed by atoms with Crippen molar-refractivity contribution in [1.29, 1.82) is 0 Å². The monoisotopic (exact) mass is 490 g/mol. The van der Waals surface area contributed by atoms with Gasteiger partial charge in [0.15, 0.2) is 17.2 Å². The molecule has 5 rings (SSSR count). The van der Waals surface area contributed by atoms with E-state index in [1.165, 1.54) is 6.08 Å². The molecular formula is C28H39FO6. The van der Waals surface area contributed by atoms with Crippen molar-refractivity contribution < 1.29 is 33.3 Å². The topological polar surface area (TPSA) is 82.1 Å². The third-order valence-corrected chi connectivity index (χ3v) is 10.3. The van der Waals surface area contributed by atoms with E-state index in [-0.39, 0.29) is 36.4 Å². The Morgan fingerprint density at radius 3 is 2.66 bits per heavy atom. The Kier molecular flexibility index (Phi) is 5.80. The number of Topliss-reactive ketones (excluding diaryl/α,β-unsaturated/α-hetero) is 1. The largest absolute Gasteiger partial charge is 0.390 e. The summed E-state index contributed by atoms with van der Waals surface area (Å²) in [6, 6.07) is 0. The molecule has 5 aliphatic rings. The van der Waals surface area contributed by atoms with E-state index in [1.54, 1.807) is 12.2 Å². The molecule has 1 spiro atoms. The van der Waals surface area contributed by atoms with Gasteiger partial charge in [-0.1, -0.05) is 32.4 Å². The first-order valence-electron chi connectivity index (χ1n) is 13.3. The highest BCUT2D eigenvalue weighted by Gasteiger charge is 2.78. The molecule has 0 bridgehead atoms. The van der Waals surface area contributed by atoms with E-state index in [2.05, 4.69) is 0 Å². The summed E-state index contributed by atoms with van der Waals surface area (Å²) in [6.45, 7) is 9.96. The van der Waals surface area contributed by atoms with Gasteiger partial charge in [-0.05, 0) is 69.9 Å². The van der Waals surface area contributed by atoms with Gasteiger partial charge >= 0.3 is 0 Å². The van der Waals surface area contributed by atoms with Gasteiger partial charge in [0.2, 0.25) is 0 Å². The minimum atomic E-state index is -1.93. The zero-order valence-electron chi connectivity index (χ0n) is 21.6. The molecule has 1 saturated heterocycles. The van der Waals surface area contributed by atoms with Crippen LogP contribution in [0, 0.1) is 28.6 Å². The molecule has 9 atom stereocenters. The van der Waals surface area contributed by atoms with Gasteiger partial charge in [-0.25, -0.2) is 4.39 Å². The molecule has 4 fully saturated rings. The van der Waals surface area contributed by atoms with E-state index < -0.39 is 40.1 Å². The SMILES string of the molecule is CCCC1(OCC)OCC(=O)[C@@]2(O1)[C@@H](C)C[C@H]1[C@@H]3CCC4=CC(=O)C=C[C@]4(C)[C@@]3(F)[C@@H](O)C[C@@]12C. The van der Waals surface area contributed by atoms with Gasteiger partial charge in [0, 0.05) is 29.8 Å². The van der Waals surface area contributed by atoms with Crippen LogP contribution in [0.2, 0.25) is 0 Å². The third-order valence-electron chi connectivity index (χ3n) is 10.3. The number of fused-ring (bicyclic) bond motifs is 6. The average Bonchev–Trinajstić information content (AvgIpc) is 3.00. The first-order chi connectivity index (χ1) is 16.4. The maximum absolute atomic E-state index is 17.4. The van der Waals surface area contributed by atoms with E-state index in [0.29, 0.717) is 32.3 Å². The second kappa shape index (κ2) is 8.04. The number of aliphatic hydroxyl groups excluding tert-OH is 1. The molecule has 1 aliphatic heterocycles. The summed E-state index contributed by atoms with van der Waals surface area (Å²) in [5, 5.41) is 11.6. The molecule has 1 heterocycles. The number of halogens is 1. The van der Waals surface area contributed by atoms with E-state index in [0.717, 1.165) is 12.0 Å². The van der Waals surface area contributed by atoms with Crippen molar-refractivity contribution in [1.82, 2.24) is 0 Å². The average molecular weight is 491 g/mol. The van der Waals surface area contributed by atoms with Crippen LogP contribution in [0.5, 0.6) is 0 Å². The predicted octanol–water partition coefficient (Wildman–Crippen LogP) is 4.45. The van der Waals surface area contributed by atoms with Crippen LogP contribution in [0.3, 0.4) is 0 Å². The Hall–Kier alpha value is -1.41. The van der Waals surface area contributed by atoms with Gasteiger partial charge < -0.3 is 19.3 Å². The Balaban J connectivity index is 1.60. The molecule has 0 aromatic heterocycles. The second-order valence-electron chi connectivity index (χ2n) is 11.8. The Morgan fingerprint density at radius 1 is 1.23 bits per heavy atom. The number of hydrogen-bond donors (Lipinski definition) is 1. The summed E-state index contributed by atoms with van der Waals surface area (Å²) >= 11 is 0. The van der Waals surface area contributed by atoms with Crippen LogP contribution in [0.4, 0.5) is 4.39 Å². The molecule has 0 aromatic rings. The summed E-state index contributed by atoms with van der Waals surface area (Å²) in [5.41, 5.74) is -4.24. The van der Waals surface area contributed by atoms with Gasteiger partial charge in [0.05, 0.1) is 6.10 Å². The fourth-order valence-corrected chi connectivity index (χ4v) is 8.75. The molecule has 1 N–H and O–H groups in total. The van der Waals surface area contributed by atoms with Gasteiger partial charge in [0.1, 0.15) is 12.2 Å². The zero-order chi connectivity index (χ0) is 25.4. The van der Waals surface area contributed by atoms with Crippen molar-refractivity contribution in [2.45, 2.75) is 96.5 Å². The van der Waals surface area contributed by atoms with Crippen LogP contribution in [-0.2, 0) is 23.8 Å². The van der Waals surface area contributed by atoms with Gasteiger partial charge in [-0.15, -0.1) is 0 Å². The van der Waals surface area contributed by atoms with Gasteiger partial charge in [0.25, 0.3) is 5.97 Å². The van der Waals surface area contributed by atoms with Gasteiger partial charge in [-0.3, -0.25) is 9.59 Å². The lowest BCUT2D eigenvalue weighted by atomic mass is 9.44. The van der Waals surface area contributed by atoms with Crippen molar-refractivity contribution in [2.24, 2.45) is 28.6 Å². The summed E-state index contributed by atoms with van der Waals surface area (Å²) < 4.78 is 36.0. The molecule has 0 radical (unpaired) electrons. The fraction of sp³-hybridized carbons (Fsp3) is 0.786. The molecular weight excluding hydrogens is 451 g/mol. The third kappa shape index (κ3) is 3.01. The molecule has 6 nitrogen and oxygen atoms in total. The maximum atomic E-state index is 17.4. The van der Waals surface area contributed by atoms with Crippen LogP contribution in [0.25, 0.3) is 0 Å². The van der Waals surface area contributed by atoms with E-state index >= 15 is 4.39 Å². The predicted molar refractivity (Wildman–Crippen MR) is 127 cm³/mol. The lowest BCUT2D eigenvalue weighted by Gasteiger charge is -2.64. The summed E-state index contributed by atoms with van der Waals surface area (Å²) in [4.78, 5) is 25.8. The van der Waals surface area contributed by atoms with Crippen LogP contribution in [0.1, 0.15) is 73.1 Å². The number of rotatable bonds is 4. The first-order valence-corrected chi connectivity index (χ1v) is 13.3. The minimum absolute atomic E-state index is 0.0970. The molecule has 3 saturated carbocycles. The molecule has 1 unspecified atom stereocenters. The maximum Gasteiger partial charge on any atom is 0.284 e. The van der Waals surface area contributed by atoms with E-state index in [1.807, 2.05) is 34.6 Å². The van der Waals surface area contributed by atoms with Crippen molar-refractivity contribution in [3.05, 3.63) is 23.8 Å². The quantitative estimate of drug-likeness (QED) is 0.627.